The maximum Gasteiger partial charge on any atom is 0.238 e. The van der Waals surface area contributed by atoms with E-state index in [2.05, 4.69) is 434 Å². The summed E-state index contributed by atoms with van der Waals surface area (Å²) < 4.78 is 4.56. The second-order valence-electron chi connectivity index (χ2n) is 34.0. The molecule has 0 aliphatic heterocycles. The Labute approximate surface area is 743 Å². The number of nitrogens with zero attached hydrogens (tertiary/aromatic N) is 8. The Bertz CT molecular complexity index is 7560. The highest BCUT2D eigenvalue weighted by molar-refractivity contribution is 7.20. The van der Waals surface area contributed by atoms with Gasteiger partial charge in [-0.15, -0.1) is 0 Å². The molecule has 0 amide bonds. The van der Waals surface area contributed by atoms with Crippen LogP contribution in [0.2, 0.25) is 0 Å². The van der Waals surface area contributed by atoms with Crippen LogP contribution in [0.15, 0.2) is 461 Å². The summed E-state index contributed by atoms with van der Waals surface area (Å²) >= 11 is 0. The van der Waals surface area contributed by atoms with Gasteiger partial charge in [-0.2, -0.15) is 19.9 Å². The lowest BCUT2D eigenvalue weighted by Crippen LogP contribution is -2.74. The van der Waals surface area contributed by atoms with Crippen LogP contribution in [0.25, 0.3) is 101 Å². The second-order valence-corrected chi connectivity index (χ2v) is 41.7. The zero-order valence-corrected chi connectivity index (χ0v) is 71.8. The Balaban J connectivity index is 0.000000165. The van der Waals surface area contributed by atoms with Crippen molar-refractivity contribution in [2.24, 2.45) is 0 Å². The van der Waals surface area contributed by atoms with Gasteiger partial charge in [0, 0.05) is 67.5 Å². The molecule has 4 aromatic heterocycles. The van der Waals surface area contributed by atoms with E-state index in [1.807, 2.05) is 36.4 Å². The first-order chi connectivity index (χ1) is 63.5. The zero-order chi connectivity index (χ0) is 84.4. The Hall–Kier alpha value is -16.0. The topological polar surface area (TPSA) is 87.2 Å². The Morgan fingerprint density at radius 1 is 0.172 bits per heavy atom. The summed E-state index contributed by atoms with van der Waals surface area (Å²) in [5, 5.41) is 15.2. The van der Waals surface area contributed by atoms with Gasteiger partial charge in [-0.1, -0.05) is 437 Å². The SMILES string of the molecule is c1ccc(-c2nc(-c3ccccc3)nc(-n3c4ccccc4c4c5c(ccc43)C3c4ccccc4C5c4ccccc43)n2)cc1.c1ccc([Si](c2ccccc2)(c2ccccc2)c2cccc(-c3nc(-c4cccc([Si](c5ccccc5)(c5ccccc5)c5ccccc5)c4)nc(-n4c5ccccc5c5c6c(ccc54)C4c5ccccc5C6c5ccccc54)n3)c2)cc1. The van der Waals surface area contributed by atoms with Crippen molar-refractivity contribution < 1.29 is 0 Å². The van der Waals surface area contributed by atoms with Crippen LogP contribution in [0.1, 0.15) is 90.4 Å². The van der Waals surface area contributed by atoms with Gasteiger partial charge in [-0.3, -0.25) is 9.13 Å². The average molecular weight is 1670 g/mol. The number of fused-ring (bicyclic) bond motifs is 6. The van der Waals surface area contributed by atoms with Crippen LogP contribution >= 0.6 is 0 Å². The molecule has 6 aliphatic rings. The fourth-order valence-electron chi connectivity index (χ4n) is 22.4. The number of benzene rings is 18. The van der Waals surface area contributed by atoms with Crippen molar-refractivity contribution in [3.05, 3.63) is 528 Å². The first-order valence-corrected chi connectivity index (χ1v) is 48.2. The first kappa shape index (κ1) is 74.6. The Morgan fingerprint density at radius 3 is 0.703 bits per heavy atom. The maximum atomic E-state index is 5.72. The van der Waals surface area contributed by atoms with Gasteiger partial charge >= 0.3 is 0 Å². The quantitative estimate of drug-likeness (QED) is 0.0796. The highest BCUT2D eigenvalue weighted by atomic mass is 28.3. The van der Waals surface area contributed by atoms with Crippen LogP contribution in [-0.2, 0) is 0 Å². The molecule has 0 N–H and O–H groups in total. The summed E-state index contributed by atoms with van der Waals surface area (Å²) in [6.45, 7) is 0. The minimum absolute atomic E-state index is 0.0758. The highest BCUT2D eigenvalue weighted by Gasteiger charge is 2.47. The molecule has 0 unspecified atom stereocenters. The van der Waals surface area contributed by atoms with Gasteiger partial charge in [0.1, 0.15) is 0 Å². The predicted octanol–water partition coefficient (Wildman–Crippen LogP) is 21.3. The van der Waals surface area contributed by atoms with Gasteiger partial charge in [0.25, 0.3) is 0 Å². The fraction of sp³-hybridized carbons (Fsp3) is 0.0339. The number of rotatable bonds is 14. The van der Waals surface area contributed by atoms with Gasteiger partial charge in [-0.25, -0.2) is 9.97 Å². The summed E-state index contributed by atoms with van der Waals surface area (Å²) in [7, 11) is -5.90. The van der Waals surface area contributed by atoms with E-state index in [-0.39, 0.29) is 23.7 Å². The van der Waals surface area contributed by atoms with Crippen molar-refractivity contribution in [3.8, 4) is 57.4 Å². The molecule has 4 bridgehead atoms. The van der Waals surface area contributed by atoms with E-state index in [1.165, 1.54) is 130 Å². The van der Waals surface area contributed by atoms with Crippen LogP contribution in [0, 0.1) is 0 Å². The van der Waals surface area contributed by atoms with Crippen molar-refractivity contribution in [1.29, 1.82) is 0 Å². The normalized spacial score (nSPS) is 14.9. The minimum atomic E-state index is -2.95. The summed E-state index contributed by atoms with van der Waals surface area (Å²) in [6.07, 6.45) is 0. The summed E-state index contributed by atoms with van der Waals surface area (Å²) in [5.74, 6) is 4.33. The first-order valence-electron chi connectivity index (χ1n) is 44.2. The number of aromatic nitrogens is 8. The molecule has 0 spiro atoms. The molecular weight excluding hydrogens is 1590 g/mol. The molecule has 22 aromatic rings. The van der Waals surface area contributed by atoms with Crippen molar-refractivity contribution >= 4 is 101 Å². The average Bonchev–Trinajstić information content (AvgIpc) is 1.28. The maximum absolute atomic E-state index is 5.72. The smallest absolute Gasteiger partial charge is 0.238 e. The molecule has 0 saturated heterocycles. The van der Waals surface area contributed by atoms with Gasteiger partial charge in [0.05, 0.1) is 22.1 Å². The molecule has 4 heterocycles. The number of hydrogen-bond donors (Lipinski definition) is 0. The van der Waals surface area contributed by atoms with Crippen LogP contribution in [0.4, 0.5) is 0 Å². The molecule has 0 atom stereocenters. The molecule has 28 rings (SSSR count). The molecular formula is C118H80N8Si2. The minimum Gasteiger partial charge on any atom is -0.278 e. The lowest BCUT2D eigenvalue weighted by molar-refractivity contribution is 0.761. The molecule has 10 heteroatoms. The molecule has 600 valence electrons. The Kier molecular flexibility index (Phi) is 17.8. The van der Waals surface area contributed by atoms with E-state index in [4.69, 9.17) is 29.9 Å². The fourth-order valence-corrected chi connectivity index (χ4v) is 32.0. The van der Waals surface area contributed by atoms with E-state index in [9.17, 15) is 0 Å². The predicted molar refractivity (Wildman–Crippen MR) is 527 cm³/mol. The third-order valence-electron chi connectivity index (χ3n) is 27.6. The van der Waals surface area contributed by atoms with Crippen LogP contribution < -0.4 is 41.5 Å². The molecule has 0 saturated carbocycles. The second kappa shape index (κ2) is 30.5. The van der Waals surface area contributed by atoms with Gasteiger partial charge in [-0.05, 0) is 133 Å². The zero-order valence-electron chi connectivity index (χ0n) is 69.8. The third kappa shape index (κ3) is 11.6. The largest absolute Gasteiger partial charge is 0.278 e. The molecule has 128 heavy (non-hydrogen) atoms. The summed E-state index contributed by atoms with van der Waals surface area (Å²) in [5.41, 5.74) is 24.9. The molecule has 8 nitrogen and oxygen atoms in total. The van der Waals surface area contributed by atoms with E-state index in [0.717, 1.165) is 44.3 Å². The van der Waals surface area contributed by atoms with Gasteiger partial charge in [0.15, 0.2) is 39.4 Å². The van der Waals surface area contributed by atoms with Crippen molar-refractivity contribution in [2.45, 2.75) is 23.7 Å². The van der Waals surface area contributed by atoms with Gasteiger partial charge in [0.2, 0.25) is 11.9 Å². The summed E-state index contributed by atoms with van der Waals surface area (Å²) in [4.78, 5) is 32.4. The van der Waals surface area contributed by atoms with Gasteiger partial charge < -0.3 is 0 Å². The van der Waals surface area contributed by atoms with Crippen LogP contribution in [0.3, 0.4) is 0 Å². The molecule has 0 radical (unpaired) electrons. The standard InChI is InChI=1S/C77H54N4Si2.C41H26N4/c1-7-29-55(30-8-1)82(56-31-9-2-10-32-56,57-33-11-3-12-34-57)61-41-25-27-53(51-61)75-78-76(54-28-26-42-62(52-54)83(58-35-13-4-14-36-58,59-37-15-5-16-38-59)60-39-17-6-18-40-60)80-77(79-75)81-69-48-24-23-47-67(69)73-70(81)50-49-68-71-63-43-19-21-45-65(63)72(74(68)73)66-46-22-20-44-64(66)71;1-3-13-25(14-4-1)39-42-40(26-15-5-2-6-16-26)44-41(43-39)45-33-22-12-11-21-31(33)37-34(45)24-23-32-35-27-17-7-9-19-29(27)36(38(32)37)30-20-10-8-18-28(30)35/h1-52,71-72H;1-24,35-36H. The Morgan fingerprint density at radius 2 is 0.406 bits per heavy atom. The number of hydrogen-bond acceptors (Lipinski definition) is 6. The molecule has 0 fully saturated rings. The van der Waals surface area contributed by atoms with Crippen molar-refractivity contribution in [2.75, 3.05) is 0 Å². The van der Waals surface area contributed by atoms with E-state index >= 15 is 0 Å². The summed E-state index contributed by atoms with van der Waals surface area (Å²) in [6, 6.07) is 169. The third-order valence-corrected chi connectivity index (χ3v) is 37.1. The lowest BCUT2D eigenvalue weighted by Gasteiger charge is -2.42. The molecule has 6 aliphatic carbocycles. The lowest BCUT2D eigenvalue weighted by atomic mass is 9.60. The van der Waals surface area contributed by atoms with Crippen molar-refractivity contribution in [3.63, 3.8) is 0 Å². The van der Waals surface area contributed by atoms with E-state index < -0.39 is 16.1 Å². The van der Waals surface area contributed by atoms with Crippen LogP contribution in [0.5, 0.6) is 0 Å². The van der Waals surface area contributed by atoms with E-state index in [1.54, 1.807) is 0 Å². The monoisotopic (exact) mass is 1660 g/mol. The molecule has 18 aromatic carbocycles. The number of para-hydroxylation sites is 2. The van der Waals surface area contributed by atoms with Crippen LogP contribution in [-0.4, -0.2) is 55.2 Å². The highest BCUT2D eigenvalue weighted by Crippen LogP contribution is 2.60. The van der Waals surface area contributed by atoms with Crippen molar-refractivity contribution in [1.82, 2.24) is 39.0 Å². The van der Waals surface area contributed by atoms with E-state index in [0.29, 0.717) is 35.2 Å².